The first-order valence-corrected chi connectivity index (χ1v) is 9.46. The highest BCUT2D eigenvalue weighted by Gasteiger charge is 2.47. The number of halogens is 3. The van der Waals surface area contributed by atoms with E-state index in [1.165, 1.54) is 0 Å². The Hall–Kier alpha value is -2.04. The fraction of sp³-hybridized carbons (Fsp3) is 0.611. The summed E-state index contributed by atoms with van der Waals surface area (Å²) in [6.07, 6.45) is 3.39. The molecule has 1 aliphatic carbocycles. The summed E-state index contributed by atoms with van der Waals surface area (Å²) in [6.45, 7) is 1.83. The van der Waals surface area contributed by atoms with Gasteiger partial charge in [0.15, 0.2) is 12.0 Å². The van der Waals surface area contributed by atoms with E-state index in [1.54, 1.807) is 17.5 Å². The largest absolute Gasteiger partial charge is 0.374 e. The number of aliphatic imine (C=N–C) groups is 1. The molecule has 0 aromatic carbocycles. The van der Waals surface area contributed by atoms with Gasteiger partial charge in [-0.15, -0.1) is 0 Å². The molecule has 4 heterocycles. The standard InChI is InChI=1S/C18H21F3N6O/c19-12-5-14(21)13(20)4-10(12)17-15(22)3-9(8-28-17)26-6-11-16(7-26)25-27-18(11)23-1-2-24-27/h1-2,5,9-11,15,17-18H,3-4,6-8,22H2/t9?,10?,11?,15?,17-,18?/m1/s1. The highest BCUT2D eigenvalue weighted by molar-refractivity contribution is 6.16. The van der Waals surface area contributed by atoms with Crippen LogP contribution in [0.15, 0.2) is 38.8 Å². The van der Waals surface area contributed by atoms with Gasteiger partial charge in [-0.2, -0.15) is 15.3 Å². The summed E-state index contributed by atoms with van der Waals surface area (Å²) in [6, 6.07) is -0.398. The van der Waals surface area contributed by atoms with Gasteiger partial charge >= 0.3 is 0 Å². The van der Waals surface area contributed by atoms with Crippen LogP contribution in [0.1, 0.15) is 12.8 Å². The molecular formula is C18H21F3N6O. The second kappa shape index (κ2) is 6.78. The topological polar surface area (TPSA) is 78.8 Å². The van der Waals surface area contributed by atoms with E-state index in [9.17, 15) is 13.2 Å². The molecule has 0 amide bonds. The van der Waals surface area contributed by atoms with Crippen molar-refractivity contribution in [3.05, 3.63) is 23.6 Å². The van der Waals surface area contributed by atoms with E-state index in [1.807, 2.05) is 0 Å². The van der Waals surface area contributed by atoms with Crippen LogP contribution in [0.4, 0.5) is 13.2 Å². The number of rotatable bonds is 2. The Kier molecular flexibility index (Phi) is 4.37. The van der Waals surface area contributed by atoms with Crippen LogP contribution in [-0.4, -0.2) is 72.2 Å². The summed E-state index contributed by atoms with van der Waals surface area (Å²) in [7, 11) is 0. The zero-order valence-corrected chi connectivity index (χ0v) is 15.1. The normalized spacial score (nSPS) is 40.5. The van der Waals surface area contributed by atoms with Gasteiger partial charge in [0.1, 0.15) is 11.7 Å². The van der Waals surface area contributed by atoms with E-state index in [2.05, 4.69) is 20.1 Å². The summed E-state index contributed by atoms with van der Waals surface area (Å²) in [5.41, 5.74) is 7.32. The smallest absolute Gasteiger partial charge is 0.170 e. The Balaban J connectivity index is 1.24. The van der Waals surface area contributed by atoms with E-state index < -0.39 is 35.5 Å². The van der Waals surface area contributed by atoms with Crippen LogP contribution in [0.3, 0.4) is 0 Å². The third-order valence-electron chi connectivity index (χ3n) is 6.18. The average molecular weight is 394 g/mol. The molecule has 0 radical (unpaired) electrons. The van der Waals surface area contributed by atoms with Crippen LogP contribution >= 0.6 is 0 Å². The molecule has 5 unspecified atom stereocenters. The average Bonchev–Trinajstić information content (AvgIpc) is 3.23. The van der Waals surface area contributed by atoms with Crippen molar-refractivity contribution in [1.29, 1.82) is 0 Å². The Morgan fingerprint density at radius 1 is 1.18 bits per heavy atom. The van der Waals surface area contributed by atoms with Crippen LogP contribution in [0.25, 0.3) is 0 Å². The highest BCUT2D eigenvalue weighted by atomic mass is 19.2. The van der Waals surface area contributed by atoms with Gasteiger partial charge in [-0.05, 0) is 6.42 Å². The number of hydrogen-bond acceptors (Lipinski definition) is 7. The van der Waals surface area contributed by atoms with Crippen LogP contribution in [0.5, 0.6) is 0 Å². The predicted octanol–water partition coefficient (Wildman–Crippen LogP) is 1.49. The van der Waals surface area contributed by atoms with Gasteiger partial charge in [0.25, 0.3) is 0 Å². The van der Waals surface area contributed by atoms with Crippen molar-refractivity contribution in [1.82, 2.24) is 10.0 Å². The van der Waals surface area contributed by atoms with Gasteiger partial charge < -0.3 is 10.5 Å². The van der Waals surface area contributed by atoms with E-state index in [4.69, 9.17) is 10.5 Å². The van der Waals surface area contributed by atoms with Crippen molar-refractivity contribution in [2.24, 2.45) is 32.8 Å². The minimum atomic E-state index is -1.15. The Bertz CT molecular complexity index is 824. The number of nitrogens with zero attached hydrogens (tertiary/aromatic N) is 5. The van der Waals surface area contributed by atoms with E-state index in [0.29, 0.717) is 25.6 Å². The molecule has 2 saturated heterocycles. The molecule has 7 nitrogen and oxygen atoms in total. The van der Waals surface area contributed by atoms with Crippen LogP contribution < -0.4 is 5.73 Å². The van der Waals surface area contributed by atoms with Crippen molar-refractivity contribution in [2.45, 2.75) is 37.2 Å². The molecule has 0 aromatic heterocycles. The lowest BCUT2D eigenvalue weighted by atomic mass is 9.84. The first-order chi connectivity index (χ1) is 13.5. The maximum Gasteiger partial charge on any atom is 0.170 e. The Morgan fingerprint density at radius 3 is 2.86 bits per heavy atom. The minimum absolute atomic E-state index is 0.0665. The van der Waals surface area contributed by atoms with Gasteiger partial charge in [0.2, 0.25) is 0 Å². The lowest BCUT2D eigenvalue weighted by Crippen LogP contribution is -2.54. The third kappa shape index (κ3) is 2.90. The molecule has 10 heteroatoms. The first kappa shape index (κ1) is 18.0. The molecule has 0 saturated carbocycles. The van der Waals surface area contributed by atoms with E-state index in [-0.39, 0.29) is 24.5 Å². The molecule has 5 rings (SSSR count). The summed E-state index contributed by atoms with van der Waals surface area (Å²) >= 11 is 0. The van der Waals surface area contributed by atoms with Gasteiger partial charge in [-0.1, -0.05) is 0 Å². The molecular weight excluding hydrogens is 373 g/mol. The Morgan fingerprint density at radius 2 is 2.04 bits per heavy atom. The lowest BCUT2D eigenvalue weighted by molar-refractivity contribution is -0.0689. The van der Waals surface area contributed by atoms with Gasteiger partial charge in [0.05, 0.1) is 30.6 Å². The molecule has 0 aromatic rings. The third-order valence-corrected chi connectivity index (χ3v) is 6.18. The monoisotopic (exact) mass is 394 g/mol. The van der Waals surface area contributed by atoms with Crippen LogP contribution in [0, 0.1) is 11.8 Å². The summed E-state index contributed by atoms with van der Waals surface area (Å²) in [4.78, 5) is 6.72. The number of hydrogen-bond donors (Lipinski definition) is 1. The SMILES string of the molecule is NC1CC(N2CC3=NN4N=CC=NC4C3C2)CO[C@@H]1C1CC(F)=C(F)C=C1F. The molecule has 6 atom stereocenters. The first-order valence-electron chi connectivity index (χ1n) is 9.46. The second-order valence-electron chi connectivity index (χ2n) is 7.87. The molecule has 5 aliphatic rings. The predicted molar refractivity (Wildman–Crippen MR) is 97.8 cm³/mol. The summed E-state index contributed by atoms with van der Waals surface area (Å²) in [5.74, 6) is -3.50. The van der Waals surface area contributed by atoms with Crippen molar-refractivity contribution >= 4 is 18.1 Å². The van der Waals surface area contributed by atoms with Gasteiger partial charge in [-0.3, -0.25) is 9.89 Å². The highest BCUT2D eigenvalue weighted by Crippen LogP contribution is 2.38. The minimum Gasteiger partial charge on any atom is -0.374 e. The molecule has 2 N–H and O–H groups in total. The van der Waals surface area contributed by atoms with Crippen LogP contribution in [-0.2, 0) is 4.74 Å². The maximum atomic E-state index is 14.2. The number of allylic oxidation sites excluding steroid dienone is 3. The van der Waals surface area contributed by atoms with Crippen LogP contribution in [0.2, 0.25) is 0 Å². The zero-order valence-electron chi connectivity index (χ0n) is 15.1. The van der Waals surface area contributed by atoms with Gasteiger partial charge in [0, 0.05) is 49.8 Å². The number of hydrazone groups is 2. The Labute approximate surface area is 160 Å². The molecule has 28 heavy (non-hydrogen) atoms. The van der Waals surface area contributed by atoms with Crippen molar-refractivity contribution in [2.75, 3.05) is 19.7 Å². The zero-order chi connectivity index (χ0) is 19.4. The molecule has 4 aliphatic heterocycles. The molecule has 2 fully saturated rings. The quantitative estimate of drug-likeness (QED) is 0.770. The summed E-state index contributed by atoms with van der Waals surface area (Å²) < 4.78 is 46.9. The lowest BCUT2D eigenvalue weighted by Gasteiger charge is -2.41. The second-order valence-corrected chi connectivity index (χ2v) is 7.87. The van der Waals surface area contributed by atoms with E-state index in [0.717, 1.165) is 12.3 Å². The number of likely N-dealkylation sites (tertiary alicyclic amines) is 1. The summed E-state index contributed by atoms with van der Waals surface area (Å²) in [5, 5.41) is 10.4. The fourth-order valence-electron chi connectivity index (χ4n) is 4.73. The molecule has 150 valence electrons. The van der Waals surface area contributed by atoms with E-state index >= 15 is 0 Å². The number of fused-ring (bicyclic) bond motifs is 3. The molecule has 0 spiro atoms. The van der Waals surface area contributed by atoms with Gasteiger partial charge in [-0.25, -0.2) is 13.2 Å². The molecule has 0 bridgehead atoms. The fourth-order valence-corrected chi connectivity index (χ4v) is 4.73. The number of nitrogens with two attached hydrogens (primary N) is 1. The maximum absolute atomic E-state index is 14.2. The number of ether oxygens (including phenoxy) is 1. The van der Waals surface area contributed by atoms with Crippen molar-refractivity contribution < 1.29 is 17.9 Å². The van der Waals surface area contributed by atoms with Crippen molar-refractivity contribution in [3.63, 3.8) is 0 Å². The van der Waals surface area contributed by atoms with Crippen molar-refractivity contribution in [3.8, 4) is 0 Å².